The van der Waals surface area contributed by atoms with Gasteiger partial charge in [0.15, 0.2) is 17.3 Å². The molecule has 8 nitrogen and oxygen atoms in total. The van der Waals surface area contributed by atoms with E-state index in [1.54, 1.807) is 12.3 Å². The van der Waals surface area contributed by atoms with Crippen molar-refractivity contribution in [3.63, 3.8) is 0 Å². The normalized spacial score (nSPS) is 18.3. The first-order valence-electron chi connectivity index (χ1n) is 8.82. The highest BCUT2D eigenvalue weighted by Gasteiger charge is 2.24. The predicted molar refractivity (Wildman–Crippen MR) is 94.7 cm³/mol. The number of hydrogen-bond donors (Lipinski definition) is 0. The SMILES string of the molecule is Clc1cc2c(cc1-c1nccn1CCc1noc([C@@H]3CCCO3)n1)OCO2. The lowest BCUT2D eigenvalue weighted by atomic mass is 10.2. The highest BCUT2D eigenvalue weighted by molar-refractivity contribution is 6.33. The van der Waals surface area contributed by atoms with Gasteiger partial charge in [-0.1, -0.05) is 16.8 Å². The van der Waals surface area contributed by atoms with Gasteiger partial charge in [-0.3, -0.25) is 0 Å². The van der Waals surface area contributed by atoms with Gasteiger partial charge in [0.25, 0.3) is 5.89 Å². The van der Waals surface area contributed by atoms with Crippen molar-refractivity contribution in [2.45, 2.75) is 31.9 Å². The lowest BCUT2D eigenvalue weighted by Gasteiger charge is -2.09. The summed E-state index contributed by atoms with van der Waals surface area (Å²) in [5.41, 5.74) is 0.791. The number of ether oxygens (including phenoxy) is 3. The minimum absolute atomic E-state index is 0.0671. The Labute approximate surface area is 160 Å². The number of imidazole rings is 1. The zero-order valence-corrected chi connectivity index (χ0v) is 15.2. The molecule has 4 heterocycles. The smallest absolute Gasteiger partial charge is 0.255 e. The van der Waals surface area contributed by atoms with Crippen LogP contribution in [-0.4, -0.2) is 33.1 Å². The fourth-order valence-corrected chi connectivity index (χ4v) is 3.55. The second-order valence-electron chi connectivity index (χ2n) is 6.43. The molecule has 5 rings (SSSR count). The number of fused-ring (bicyclic) bond motifs is 1. The Morgan fingerprint density at radius 3 is 2.96 bits per heavy atom. The molecule has 3 aromatic rings. The average molecular weight is 389 g/mol. The first-order valence-corrected chi connectivity index (χ1v) is 9.20. The molecule has 9 heteroatoms. The van der Waals surface area contributed by atoms with Crippen LogP contribution in [0.2, 0.25) is 5.02 Å². The van der Waals surface area contributed by atoms with Gasteiger partial charge in [-0.25, -0.2) is 4.98 Å². The van der Waals surface area contributed by atoms with E-state index in [1.165, 1.54) is 0 Å². The van der Waals surface area contributed by atoms with Crippen LogP contribution in [0.4, 0.5) is 0 Å². The standard InChI is InChI=1S/C18H17ClN4O4/c19-12-9-15-14(25-10-26-15)8-11(12)17-20-4-6-23(17)5-3-16-21-18(27-22-16)13-2-1-7-24-13/h4,6,8-9,13H,1-3,5,7,10H2/t13-/m0/s1. The van der Waals surface area contributed by atoms with Gasteiger partial charge in [-0.2, -0.15) is 4.98 Å². The second kappa shape index (κ2) is 6.86. The molecule has 0 unspecified atom stereocenters. The van der Waals surface area contributed by atoms with Crippen LogP contribution in [0.3, 0.4) is 0 Å². The van der Waals surface area contributed by atoms with Gasteiger partial charge in [0, 0.05) is 43.6 Å². The molecule has 0 saturated carbocycles. The lowest BCUT2D eigenvalue weighted by molar-refractivity contribution is 0.0835. The van der Waals surface area contributed by atoms with Gasteiger partial charge < -0.3 is 23.3 Å². The Hall–Kier alpha value is -2.58. The van der Waals surface area contributed by atoms with Crippen molar-refractivity contribution in [1.82, 2.24) is 19.7 Å². The van der Waals surface area contributed by atoms with E-state index in [9.17, 15) is 0 Å². The Bertz CT molecular complexity index is 964. The number of aromatic nitrogens is 4. The topological polar surface area (TPSA) is 84.4 Å². The van der Waals surface area contributed by atoms with Crippen LogP contribution in [0, 0.1) is 0 Å². The number of halogens is 1. The molecular weight excluding hydrogens is 372 g/mol. The van der Waals surface area contributed by atoms with E-state index in [0.717, 1.165) is 30.8 Å². The quantitative estimate of drug-likeness (QED) is 0.662. The van der Waals surface area contributed by atoms with E-state index < -0.39 is 0 Å². The molecule has 0 N–H and O–H groups in total. The molecule has 1 aromatic carbocycles. The Balaban J connectivity index is 1.34. The fraction of sp³-hybridized carbons (Fsp3) is 0.389. The molecule has 0 bridgehead atoms. The third-order valence-corrected chi connectivity index (χ3v) is 5.00. The summed E-state index contributed by atoms with van der Waals surface area (Å²) in [5.74, 6) is 3.28. The van der Waals surface area contributed by atoms with Crippen LogP contribution in [0.1, 0.15) is 30.7 Å². The van der Waals surface area contributed by atoms with Crippen LogP contribution in [-0.2, 0) is 17.7 Å². The molecule has 0 aliphatic carbocycles. The maximum absolute atomic E-state index is 6.42. The van der Waals surface area contributed by atoms with Crippen molar-refractivity contribution >= 4 is 11.6 Å². The van der Waals surface area contributed by atoms with E-state index in [-0.39, 0.29) is 12.9 Å². The summed E-state index contributed by atoms with van der Waals surface area (Å²) >= 11 is 6.42. The van der Waals surface area contributed by atoms with E-state index in [1.807, 2.05) is 16.8 Å². The molecule has 0 radical (unpaired) electrons. The monoisotopic (exact) mass is 388 g/mol. The summed E-state index contributed by atoms with van der Waals surface area (Å²) < 4.78 is 23.7. The van der Waals surface area contributed by atoms with Crippen molar-refractivity contribution in [2.24, 2.45) is 0 Å². The van der Waals surface area contributed by atoms with Crippen molar-refractivity contribution in [2.75, 3.05) is 13.4 Å². The summed E-state index contributed by atoms with van der Waals surface area (Å²) in [7, 11) is 0. The van der Waals surface area contributed by atoms with E-state index in [0.29, 0.717) is 41.2 Å². The number of nitrogens with zero attached hydrogens (tertiary/aromatic N) is 4. The van der Waals surface area contributed by atoms with Crippen molar-refractivity contribution in [3.8, 4) is 22.9 Å². The molecule has 2 aromatic heterocycles. The Morgan fingerprint density at radius 1 is 1.22 bits per heavy atom. The van der Waals surface area contributed by atoms with E-state index in [4.69, 9.17) is 30.3 Å². The first kappa shape index (κ1) is 16.6. The van der Waals surface area contributed by atoms with Gasteiger partial charge in [-0.15, -0.1) is 0 Å². The van der Waals surface area contributed by atoms with Crippen LogP contribution in [0.5, 0.6) is 11.5 Å². The van der Waals surface area contributed by atoms with Gasteiger partial charge >= 0.3 is 0 Å². The van der Waals surface area contributed by atoms with Crippen molar-refractivity contribution < 1.29 is 18.7 Å². The van der Waals surface area contributed by atoms with Gasteiger partial charge in [0.2, 0.25) is 6.79 Å². The Kier molecular flexibility index (Phi) is 4.21. The van der Waals surface area contributed by atoms with Crippen molar-refractivity contribution in [3.05, 3.63) is 41.3 Å². The zero-order valence-electron chi connectivity index (χ0n) is 14.4. The summed E-state index contributed by atoms with van der Waals surface area (Å²) in [5, 5.41) is 4.63. The molecule has 2 aliphatic heterocycles. The van der Waals surface area contributed by atoms with E-state index >= 15 is 0 Å². The minimum atomic E-state index is -0.0671. The van der Waals surface area contributed by atoms with Crippen LogP contribution in [0.15, 0.2) is 29.0 Å². The second-order valence-corrected chi connectivity index (χ2v) is 6.84. The Morgan fingerprint density at radius 2 is 2.11 bits per heavy atom. The molecule has 1 saturated heterocycles. The predicted octanol–water partition coefficient (Wildman–Crippen LogP) is 3.41. The summed E-state index contributed by atoms with van der Waals surface area (Å²) in [4.78, 5) is 8.91. The summed E-state index contributed by atoms with van der Waals surface area (Å²) in [6.45, 7) is 1.59. The highest BCUT2D eigenvalue weighted by Crippen LogP contribution is 2.40. The van der Waals surface area contributed by atoms with Gasteiger partial charge in [0.1, 0.15) is 11.9 Å². The summed E-state index contributed by atoms with van der Waals surface area (Å²) in [6, 6.07) is 3.61. The average Bonchev–Trinajstić information content (AvgIpc) is 3.46. The van der Waals surface area contributed by atoms with Gasteiger partial charge in [0.05, 0.1) is 5.02 Å². The van der Waals surface area contributed by atoms with Crippen LogP contribution < -0.4 is 9.47 Å². The van der Waals surface area contributed by atoms with E-state index in [2.05, 4.69) is 15.1 Å². The summed E-state index contributed by atoms with van der Waals surface area (Å²) in [6.07, 6.45) is 6.14. The fourth-order valence-electron chi connectivity index (χ4n) is 3.32. The molecule has 140 valence electrons. The molecular formula is C18H17ClN4O4. The zero-order chi connectivity index (χ0) is 18.2. The number of hydrogen-bond acceptors (Lipinski definition) is 7. The minimum Gasteiger partial charge on any atom is -0.454 e. The van der Waals surface area contributed by atoms with Crippen LogP contribution >= 0.6 is 11.6 Å². The molecule has 0 amide bonds. The maximum Gasteiger partial charge on any atom is 0.255 e. The molecule has 1 atom stereocenters. The van der Waals surface area contributed by atoms with Gasteiger partial charge in [-0.05, 0) is 18.9 Å². The highest BCUT2D eigenvalue weighted by atomic mass is 35.5. The van der Waals surface area contributed by atoms with Crippen molar-refractivity contribution in [1.29, 1.82) is 0 Å². The lowest BCUT2D eigenvalue weighted by Crippen LogP contribution is -2.04. The molecule has 27 heavy (non-hydrogen) atoms. The number of benzene rings is 1. The molecule has 0 spiro atoms. The number of aryl methyl sites for hydroxylation is 2. The van der Waals surface area contributed by atoms with Crippen LogP contribution in [0.25, 0.3) is 11.4 Å². The largest absolute Gasteiger partial charge is 0.454 e. The number of rotatable bonds is 5. The maximum atomic E-state index is 6.42. The first-order chi connectivity index (χ1) is 13.3. The molecule has 2 aliphatic rings. The third kappa shape index (κ3) is 3.15. The molecule has 1 fully saturated rings. The third-order valence-electron chi connectivity index (χ3n) is 4.68.